The Morgan fingerprint density at radius 3 is 2.00 bits per heavy atom. The van der Waals surface area contributed by atoms with Gasteiger partial charge in [0.05, 0.1) is 48.7 Å². The monoisotopic (exact) mass is 516 g/mol. The zero-order chi connectivity index (χ0) is 26.7. The summed E-state index contributed by atoms with van der Waals surface area (Å²) in [6.07, 6.45) is 0.179. The van der Waals surface area contributed by atoms with Crippen LogP contribution in [0.4, 0.5) is 28.4 Å². The molecule has 2 aromatic carbocycles. The van der Waals surface area contributed by atoms with Crippen LogP contribution in [-0.2, 0) is 19.1 Å². The summed E-state index contributed by atoms with van der Waals surface area (Å²) < 4.78 is 9.32. The number of nitrogens with zero attached hydrogens (tertiary/aromatic N) is 6. The maximum absolute atomic E-state index is 11.5. The van der Waals surface area contributed by atoms with E-state index in [9.17, 15) is 29.8 Å². The van der Waals surface area contributed by atoms with E-state index in [0.29, 0.717) is 23.1 Å². The van der Waals surface area contributed by atoms with Crippen LogP contribution < -0.4 is 4.90 Å². The molecule has 0 aliphatic carbocycles. The van der Waals surface area contributed by atoms with Crippen molar-refractivity contribution in [1.82, 2.24) is 0 Å². The fraction of sp³-hybridized carbons (Fsp3) is 0.286. The Bertz CT molecular complexity index is 1190. The molecule has 0 saturated carbocycles. The highest BCUT2D eigenvalue weighted by molar-refractivity contribution is 8.03. The fourth-order valence-electron chi connectivity index (χ4n) is 2.91. The summed E-state index contributed by atoms with van der Waals surface area (Å²) in [5, 5.41) is 41.0. The average molecular weight is 516 g/mol. The van der Waals surface area contributed by atoms with Gasteiger partial charge in [0.1, 0.15) is 10.3 Å². The van der Waals surface area contributed by atoms with Gasteiger partial charge in [-0.3, -0.25) is 29.8 Å². The molecule has 14 nitrogen and oxygen atoms in total. The number of nitriles is 1. The number of rotatable bonds is 12. The lowest BCUT2D eigenvalue weighted by Crippen LogP contribution is -2.29. The highest BCUT2D eigenvalue weighted by Gasteiger charge is 2.25. The minimum absolute atomic E-state index is 0.0893. The van der Waals surface area contributed by atoms with Crippen LogP contribution in [0.25, 0.3) is 0 Å². The van der Waals surface area contributed by atoms with Gasteiger partial charge in [-0.15, -0.1) is 5.11 Å². The number of benzene rings is 2. The molecular weight excluding hydrogens is 496 g/mol. The average Bonchev–Trinajstić information content (AvgIpc) is 2.87. The molecular formula is C21H20N6O8S. The third-order valence-electron chi connectivity index (χ3n) is 4.72. The van der Waals surface area contributed by atoms with Crippen LogP contribution in [0.3, 0.4) is 0 Å². The molecule has 0 aliphatic rings. The first kappa shape index (κ1) is 27.7. The lowest BCUT2D eigenvalue weighted by atomic mass is 10.2. The number of nitro benzene ring substituents is 2. The number of thioether (sulfide) groups is 1. The summed E-state index contributed by atoms with van der Waals surface area (Å²) in [6, 6.07) is 8.23. The standard InChI is InChI=1S/C21H20N6O8S/c1-34-20(28)7-9-25(10-8-21(29)35-2)15-5-3-14(4-6-15)23-24-16-11-19(36-13-22)18(27(32)33)12-17(16)26(30)31/h3-6,11-12H,7-10H2,1-2H3. The van der Waals surface area contributed by atoms with Crippen molar-refractivity contribution < 1.29 is 28.9 Å². The van der Waals surface area contributed by atoms with Crippen molar-refractivity contribution in [2.24, 2.45) is 10.2 Å². The predicted molar refractivity (Wildman–Crippen MR) is 127 cm³/mol. The topological polar surface area (TPSA) is 191 Å². The summed E-state index contributed by atoms with van der Waals surface area (Å²) in [5.41, 5.74) is -0.514. The van der Waals surface area contributed by atoms with Crippen molar-refractivity contribution >= 4 is 52.1 Å². The number of hydrogen-bond acceptors (Lipinski definition) is 13. The number of ether oxygens (including phenoxy) is 2. The van der Waals surface area contributed by atoms with Gasteiger partial charge in [-0.2, -0.15) is 10.4 Å². The van der Waals surface area contributed by atoms with Crippen molar-refractivity contribution in [3.63, 3.8) is 0 Å². The van der Waals surface area contributed by atoms with E-state index in [1.807, 2.05) is 0 Å². The van der Waals surface area contributed by atoms with E-state index < -0.39 is 33.2 Å². The minimum atomic E-state index is -0.828. The van der Waals surface area contributed by atoms with Crippen LogP contribution in [0.5, 0.6) is 0 Å². The fourth-order valence-corrected chi connectivity index (χ4v) is 3.42. The van der Waals surface area contributed by atoms with Crippen LogP contribution in [0, 0.1) is 30.9 Å². The van der Waals surface area contributed by atoms with Crippen LogP contribution in [-0.4, -0.2) is 49.1 Å². The first-order valence-electron chi connectivity index (χ1n) is 10.1. The van der Waals surface area contributed by atoms with Crippen LogP contribution in [0.15, 0.2) is 51.5 Å². The third kappa shape index (κ3) is 7.74. The Morgan fingerprint density at radius 1 is 0.972 bits per heavy atom. The molecule has 0 fully saturated rings. The van der Waals surface area contributed by atoms with Crippen molar-refractivity contribution in [3.8, 4) is 5.40 Å². The maximum Gasteiger partial charge on any atom is 0.307 e. The number of carbonyl (C=O) groups excluding carboxylic acids is 2. The van der Waals surface area contributed by atoms with Gasteiger partial charge in [-0.25, -0.2) is 0 Å². The molecule has 0 saturated heterocycles. The van der Waals surface area contributed by atoms with E-state index in [1.54, 1.807) is 34.6 Å². The molecule has 188 valence electrons. The molecule has 0 bridgehead atoms. The summed E-state index contributed by atoms with van der Waals surface area (Å²) in [6.45, 7) is 0.553. The third-order valence-corrected chi connectivity index (χ3v) is 5.36. The molecule has 0 radical (unpaired) electrons. The number of methoxy groups -OCH3 is 2. The lowest BCUT2D eigenvalue weighted by molar-refractivity contribution is -0.395. The van der Waals surface area contributed by atoms with Crippen molar-refractivity contribution in [2.45, 2.75) is 17.7 Å². The van der Waals surface area contributed by atoms with E-state index in [-0.39, 0.29) is 36.5 Å². The van der Waals surface area contributed by atoms with Gasteiger partial charge >= 0.3 is 17.6 Å². The van der Waals surface area contributed by atoms with Gasteiger partial charge in [-0.05, 0) is 42.1 Å². The molecule has 0 spiro atoms. The number of hydrogen-bond donors (Lipinski definition) is 0. The lowest BCUT2D eigenvalue weighted by Gasteiger charge is -2.24. The van der Waals surface area contributed by atoms with Gasteiger partial charge in [-0.1, -0.05) is 0 Å². The zero-order valence-corrected chi connectivity index (χ0v) is 20.0. The summed E-state index contributed by atoms with van der Waals surface area (Å²) in [7, 11) is 2.55. The molecule has 2 rings (SSSR count). The van der Waals surface area contributed by atoms with Gasteiger partial charge in [0, 0.05) is 18.8 Å². The molecule has 36 heavy (non-hydrogen) atoms. The van der Waals surface area contributed by atoms with Gasteiger partial charge in [0.2, 0.25) is 0 Å². The molecule has 2 aromatic rings. The van der Waals surface area contributed by atoms with Gasteiger partial charge in [0.15, 0.2) is 5.69 Å². The van der Waals surface area contributed by atoms with Gasteiger partial charge in [0.25, 0.3) is 5.69 Å². The Labute approximate surface area is 208 Å². The van der Waals surface area contributed by atoms with E-state index >= 15 is 0 Å². The van der Waals surface area contributed by atoms with E-state index in [2.05, 4.69) is 19.7 Å². The second-order valence-corrected chi connectivity index (χ2v) is 7.70. The highest BCUT2D eigenvalue weighted by atomic mass is 32.2. The van der Waals surface area contributed by atoms with E-state index in [0.717, 1.165) is 12.1 Å². The SMILES string of the molecule is COC(=O)CCN(CCC(=O)OC)c1ccc(N=Nc2cc(SC#N)c([N+](=O)[O-])cc2[N+](=O)[O-])cc1. The quantitative estimate of drug-likeness (QED) is 0.0968. The number of azo groups is 1. The maximum atomic E-state index is 11.5. The highest BCUT2D eigenvalue weighted by Crippen LogP contribution is 2.39. The molecule has 0 heterocycles. The summed E-state index contributed by atoms with van der Waals surface area (Å²) in [4.78, 5) is 45.7. The normalized spacial score (nSPS) is 10.5. The molecule has 0 aromatic heterocycles. The summed E-state index contributed by atoms with van der Waals surface area (Å²) in [5.74, 6) is -0.829. The zero-order valence-electron chi connectivity index (χ0n) is 19.2. The number of carbonyl (C=O) groups is 2. The molecule has 0 amide bonds. The van der Waals surface area contributed by atoms with Crippen molar-refractivity contribution in [3.05, 3.63) is 56.6 Å². The molecule has 0 atom stereocenters. The first-order chi connectivity index (χ1) is 17.2. The molecule has 15 heteroatoms. The Balaban J connectivity index is 2.31. The summed E-state index contributed by atoms with van der Waals surface area (Å²) >= 11 is 0.476. The van der Waals surface area contributed by atoms with Gasteiger partial charge < -0.3 is 14.4 Å². The van der Waals surface area contributed by atoms with E-state index in [1.165, 1.54) is 14.2 Å². The Morgan fingerprint density at radius 2 is 1.53 bits per heavy atom. The Kier molecular flexibility index (Phi) is 10.3. The first-order valence-corrected chi connectivity index (χ1v) is 10.9. The largest absolute Gasteiger partial charge is 0.469 e. The number of thiocyanates is 1. The van der Waals surface area contributed by atoms with Crippen molar-refractivity contribution in [2.75, 3.05) is 32.2 Å². The Hall–Kier alpha value is -4.58. The molecule has 0 N–H and O–H groups in total. The second-order valence-electron chi connectivity index (χ2n) is 6.87. The van der Waals surface area contributed by atoms with E-state index in [4.69, 9.17) is 5.26 Å². The molecule has 0 aliphatic heterocycles. The van der Waals surface area contributed by atoms with Crippen molar-refractivity contribution in [1.29, 1.82) is 5.26 Å². The van der Waals surface area contributed by atoms with Crippen LogP contribution >= 0.6 is 11.8 Å². The molecule has 0 unspecified atom stereocenters. The number of esters is 2. The number of anilines is 1. The predicted octanol–water partition coefficient (Wildman–Crippen LogP) is 4.42. The van der Waals surface area contributed by atoms with Crippen LogP contribution in [0.2, 0.25) is 0 Å². The number of nitro groups is 2. The second kappa shape index (κ2) is 13.3. The van der Waals surface area contributed by atoms with Crippen LogP contribution in [0.1, 0.15) is 12.8 Å². The minimum Gasteiger partial charge on any atom is -0.469 e. The smallest absolute Gasteiger partial charge is 0.307 e.